The van der Waals surface area contributed by atoms with Gasteiger partial charge in [-0.1, -0.05) is 20.8 Å². The van der Waals surface area contributed by atoms with E-state index >= 15 is 0 Å². The first kappa shape index (κ1) is 15.9. The fourth-order valence-electron chi connectivity index (χ4n) is 2.77. The van der Waals surface area contributed by atoms with Crippen molar-refractivity contribution in [2.75, 3.05) is 33.2 Å². The van der Waals surface area contributed by atoms with E-state index in [2.05, 4.69) is 51.5 Å². The van der Waals surface area contributed by atoms with Crippen LogP contribution >= 0.6 is 0 Å². The highest BCUT2D eigenvalue weighted by Gasteiger charge is 2.30. The molecule has 1 aliphatic heterocycles. The molecule has 0 aromatic heterocycles. The molecule has 0 amide bonds. The maximum Gasteiger partial charge on any atom is 0.0277 e. The van der Waals surface area contributed by atoms with E-state index in [1.807, 2.05) is 0 Å². The summed E-state index contributed by atoms with van der Waals surface area (Å²) in [6.07, 6.45) is 2.24. The van der Waals surface area contributed by atoms with Crippen molar-refractivity contribution in [3.05, 3.63) is 0 Å². The number of hydrogen-bond acceptors (Lipinski definition) is 3. The van der Waals surface area contributed by atoms with Crippen LogP contribution in [0, 0.1) is 5.41 Å². The molecule has 1 heterocycles. The van der Waals surface area contributed by atoms with Crippen LogP contribution in [-0.2, 0) is 0 Å². The Kier molecular flexibility index (Phi) is 5.22. The molecule has 1 rings (SSSR count). The summed E-state index contributed by atoms with van der Waals surface area (Å²) in [5, 5.41) is 0. The Morgan fingerprint density at radius 1 is 1.22 bits per heavy atom. The van der Waals surface area contributed by atoms with Crippen molar-refractivity contribution < 1.29 is 0 Å². The van der Waals surface area contributed by atoms with Gasteiger partial charge in [0, 0.05) is 31.2 Å². The molecule has 0 aliphatic carbocycles. The minimum atomic E-state index is 0.298. The second kappa shape index (κ2) is 5.89. The van der Waals surface area contributed by atoms with Crippen LogP contribution in [0.4, 0.5) is 0 Å². The van der Waals surface area contributed by atoms with E-state index in [-0.39, 0.29) is 0 Å². The lowest BCUT2D eigenvalue weighted by Crippen LogP contribution is -2.57. The Bertz CT molecular complexity index is 255. The van der Waals surface area contributed by atoms with Gasteiger partial charge in [-0.3, -0.25) is 4.90 Å². The molecule has 3 heteroatoms. The van der Waals surface area contributed by atoms with Gasteiger partial charge in [-0.15, -0.1) is 0 Å². The van der Waals surface area contributed by atoms with Crippen molar-refractivity contribution in [1.82, 2.24) is 9.80 Å². The zero-order valence-corrected chi connectivity index (χ0v) is 13.3. The summed E-state index contributed by atoms with van der Waals surface area (Å²) in [5.41, 5.74) is 6.88. The van der Waals surface area contributed by atoms with E-state index in [0.29, 0.717) is 17.0 Å². The molecule has 0 aromatic carbocycles. The SMILES string of the molecule is CN1CCN(CCC(N)CC(C)(C)C)CC1(C)C. The topological polar surface area (TPSA) is 32.5 Å². The highest BCUT2D eigenvalue weighted by Crippen LogP contribution is 2.22. The fraction of sp³-hybridized carbons (Fsp3) is 1.00. The maximum atomic E-state index is 6.23. The van der Waals surface area contributed by atoms with E-state index in [9.17, 15) is 0 Å². The summed E-state index contributed by atoms with van der Waals surface area (Å²) in [5.74, 6) is 0. The number of piperazine rings is 1. The summed E-state index contributed by atoms with van der Waals surface area (Å²) in [6.45, 7) is 16.1. The lowest BCUT2D eigenvalue weighted by atomic mass is 9.87. The van der Waals surface area contributed by atoms with E-state index in [1.165, 1.54) is 13.1 Å². The predicted octanol–water partition coefficient (Wildman–Crippen LogP) is 2.17. The van der Waals surface area contributed by atoms with Gasteiger partial charge in [0.15, 0.2) is 0 Å². The standard InChI is InChI=1S/C15H33N3/c1-14(2,3)11-13(16)7-8-18-10-9-17(6)15(4,5)12-18/h13H,7-12,16H2,1-6H3. The average molecular weight is 255 g/mol. The molecule has 1 saturated heterocycles. The first-order valence-electron chi connectivity index (χ1n) is 7.29. The van der Waals surface area contributed by atoms with Crippen LogP contribution in [-0.4, -0.2) is 54.6 Å². The van der Waals surface area contributed by atoms with Gasteiger partial charge in [-0.2, -0.15) is 0 Å². The van der Waals surface area contributed by atoms with Crippen LogP contribution in [0.5, 0.6) is 0 Å². The lowest BCUT2D eigenvalue weighted by molar-refractivity contribution is 0.0381. The van der Waals surface area contributed by atoms with Gasteiger partial charge in [0.1, 0.15) is 0 Å². The third-order valence-corrected chi connectivity index (χ3v) is 4.09. The van der Waals surface area contributed by atoms with Gasteiger partial charge in [-0.25, -0.2) is 0 Å². The molecule has 1 atom stereocenters. The van der Waals surface area contributed by atoms with Crippen LogP contribution in [0.1, 0.15) is 47.5 Å². The van der Waals surface area contributed by atoms with Crippen LogP contribution in [0.15, 0.2) is 0 Å². The maximum absolute atomic E-state index is 6.23. The minimum Gasteiger partial charge on any atom is -0.328 e. The van der Waals surface area contributed by atoms with Crippen LogP contribution in [0.2, 0.25) is 0 Å². The quantitative estimate of drug-likeness (QED) is 0.835. The number of nitrogens with two attached hydrogens (primary N) is 1. The van der Waals surface area contributed by atoms with Crippen molar-refractivity contribution in [3.8, 4) is 0 Å². The van der Waals surface area contributed by atoms with Gasteiger partial charge < -0.3 is 10.6 Å². The van der Waals surface area contributed by atoms with Crippen molar-refractivity contribution in [2.45, 2.75) is 59.0 Å². The number of likely N-dealkylation sites (N-methyl/N-ethyl adjacent to an activating group) is 1. The molecule has 3 nitrogen and oxygen atoms in total. The van der Waals surface area contributed by atoms with Crippen LogP contribution in [0.3, 0.4) is 0 Å². The minimum absolute atomic E-state index is 0.298. The Hall–Kier alpha value is -0.120. The van der Waals surface area contributed by atoms with Crippen LogP contribution < -0.4 is 5.73 Å². The van der Waals surface area contributed by atoms with Gasteiger partial charge in [0.2, 0.25) is 0 Å². The first-order chi connectivity index (χ1) is 8.10. The van der Waals surface area contributed by atoms with E-state index < -0.39 is 0 Å². The van der Waals surface area contributed by atoms with Crippen molar-refractivity contribution in [2.24, 2.45) is 11.1 Å². The Morgan fingerprint density at radius 3 is 2.33 bits per heavy atom. The Balaban J connectivity index is 2.32. The van der Waals surface area contributed by atoms with Gasteiger partial charge in [0.25, 0.3) is 0 Å². The lowest BCUT2D eigenvalue weighted by Gasteiger charge is -2.45. The molecule has 0 spiro atoms. The summed E-state index contributed by atoms with van der Waals surface area (Å²) in [6, 6.07) is 0.341. The summed E-state index contributed by atoms with van der Waals surface area (Å²) in [7, 11) is 2.22. The third-order valence-electron chi connectivity index (χ3n) is 4.09. The molecule has 2 N–H and O–H groups in total. The van der Waals surface area contributed by atoms with E-state index in [0.717, 1.165) is 25.9 Å². The molecule has 0 aromatic rings. The molecular formula is C15H33N3. The van der Waals surface area contributed by atoms with Gasteiger partial charge >= 0.3 is 0 Å². The smallest absolute Gasteiger partial charge is 0.0277 e. The molecule has 0 saturated carbocycles. The molecular weight excluding hydrogens is 222 g/mol. The molecule has 1 fully saturated rings. The molecule has 0 bridgehead atoms. The molecule has 1 unspecified atom stereocenters. The summed E-state index contributed by atoms with van der Waals surface area (Å²) in [4.78, 5) is 5.03. The predicted molar refractivity (Wildman–Crippen MR) is 79.8 cm³/mol. The van der Waals surface area contributed by atoms with Crippen molar-refractivity contribution >= 4 is 0 Å². The first-order valence-corrected chi connectivity index (χ1v) is 7.29. The Morgan fingerprint density at radius 2 is 1.83 bits per heavy atom. The highest BCUT2D eigenvalue weighted by molar-refractivity contribution is 4.88. The molecule has 108 valence electrons. The number of hydrogen-bond donors (Lipinski definition) is 1. The number of rotatable bonds is 4. The zero-order chi connectivity index (χ0) is 14.0. The van der Waals surface area contributed by atoms with Crippen molar-refractivity contribution in [3.63, 3.8) is 0 Å². The zero-order valence-electron chi connectivity index (χ0n) is 13.3. The third kappa shape index (κ3) is 5.25. The van der Waals surface area contributed by atoms with E-state index in [4.69, 9.17) is 5.73 Å². The average Bonchev–Trinajstić information content (AvgIpc) is 2.17. The van der Waals surface area contributed by atoms with Crippen LogP contribution in [0.25, 0.3) is 0 Å². The van der Waals surface area contributed by atoms with E-state index in [1.54, 1.807) is 0 Å². The molecule has 18 heavy (non-hydrogen) atoms. The molecule has 1 aliphatic rings. The van der Waals surface area contributed by atoms with Gasteiger partial charge in [-0.05, 0) is 45.7 Å². The Labute approximate surface area is 114 Å². The monoisotopic (exact) mass is 255 g/mol. The second-order valence-corrected chi connectivity index (χ2v) is 7.82. The van der Waals surface area contributed by atoms with Gasteiger partial charge in [0.05, 0.1) is 0 Å². The molecule has 0 radical (unpaired) electrons. The highest BCUT2D eigenvalue weighted by atomic mass is 15.3. The van der Waals surface area contributed by atoms with Crippen molar-refractivity contribution in [1.29, 1.82) is 0 Å². The summed E-state index contributed by atoms with van der Waals surface area (Å²) >= 11 is 0. The number of nitrogens with zero attached hydrogens (tertiary/aromatic N) is 2. The fourth-order valence-corrected chi connectivity index (χ4v) is 2.77. The summed E-state index contributed by atoms with van der Waals surface area (Å²) < 4.78 is 0. The normalized spacial score (nSPS) is 24.2. The second-order valence-electron chi connectivity index (χ2n) is 7.82. The largest absolute Gasteiger partial charge is 0.328 e.